The molecule has 464 valence electrons. The summed E-state index contributed by atoms with van der Waals surface area (Å²) in [6.45, 7) is 11.1. The van der Waals surface area contributed by atoms with Crippen LogP contribution in [0.2, 0.25) is 0 Å². The van der Waals surface area contributed by atoms with E-state index in [2.05, 4.69) is 5.32 Å². The molecule has 2 aromatic rings. The van der Waals surface area contributed by atoms with Gasteiger partial charge in [0.05, 0.1) is 23.5 Å². The van der Waals surface area contributed by atoms with Gasteiger partial charge in [0.25, 0.3) is 11.8 Å². The highest BCUT2D eigenvalue weighted by Crippen LogP contribution is 2.28. The molecule has 4 N–H and O–H groups in total. The summed E-state index contributed by atoms with van der Waals surface area (Å²) >= 11 is 0. The van der Waals surface area contributed by atoms with E-state index in [0.717, 1.165) is 17.7 Å². The number of rotatable bonds is 26. The van der Waals surface area contributed by atoms with Crippen molar-refractivity contribution >= 4 is 69.5 Å². The van der Waals surface area contributed by atoms with Gasteiger partial charge in [0.15, 0.2) is 5.78 Å². The number of Topliss-reactive ketones (excluding diaryl/α,β-unsaturated/α-hetero) is 2. The number of hydrogen-bond donors (Lipinski definition) is 3. The molecule has 2 saturated heterocycles. The smallest absolute Gasteiger partial charge is 0.410 e. The Balaban J connectivity index is 0.979. The van der Waals surface area contributed by atoms with Gasteiger partial charge in [-0.3, -0.25) is 38.5 Å². The molecule has 0 unspecified atom stereocenters. The van der Waals surface area contributed by atoms with E-state index in [9.17, 15) is 56.7 Å². The molecule has 2 fully saturated rings. The number of benzene rings is 2. The molecule has 7 atom stereocenters. The monoisotopic (exact) mass is 1200 g/mol. The second kappa shape index (κ2) is 32.5. The quantitative estimate of drug-likeness (QED) is 0.0282. The molecule has 6 amide bonds. The van der Waals surface area contributed by atoms with E-state index in [0.29, 0.717) is 73.9 Å². The van der Waals surface area contributed by atoms with E-state index >= 15 is 0 Å². The summed E-state index contributed by atoms with van der Waals surface area (Å²) in [5, 5.41) is 13.8. The number of aliphatic hydroxyl groups is 1. The fraction of sp³-hybridized carbons (Fsp3) is 0.571. The second-order valence-corrected chi connectivity index (χ2v) is 25.3. The van der Waals surface area contributed by atoms with Crippen molar-refractivity contribution in [2.75, 3.05) is 45.8 Å². The third-order valence-electron chi connectivity index (χ3n) is 16.2. The summed E-state index contributed by atoms with van der Waals surface area (Å²) in [6.07, 6.45) is 9.48. The number of nitrogens with zero attached hydrogens (tertiary/aromatic N) is 4. The van der Waals surface area contributed by atoms with E-state index in [1.54, 1.807) is 67.6 Å². The maximum absolute atomic E-state index is 13.9. The van der Waals surface area contributed by atoms with Crippen LogP contribution < -0.4 is 11.1 Å². The fourth-order valence-corrected chi connectivity index (χ4v) is 12.4. The molecule has 4 aliphatic heterocycles. The zero-order valence-corrected chi connectivity index (χ0v) is 50.6. The summed E-state index contributed by atoms with van der Waals surface area (Å²) < 4.78 is 45.9. The normalized spacial score (nSPS) is 22.1. The number of ether oxygens (including phenoxy) is 3. The maximum atomic E-state index is 13.9. The SMILES string of the molecule is C/C(=C\c1cccc(S(=O)(=O)N2CCCC2)c1)[C@H]1OC(=O)C[C@H](O)CC[C@H](C)[C@@H](OC(=O)N2CCN(C(=O)OCc3ccc(CC(=O)[C@H](CCCCC(N)=O)NC(=O)[C@@H](CC(=O)CCCCCN4C(=O)C=CC4=O)C(C)C)cc3)CC2)/C=C/[C@@H]1C. The van der Waals surface area contributed by atoms with Gasteiger partial charge in [-0.1, -0.05) is 89.1 Å². The van der Waals surface area contributed by atoms with Crippen LogP contribution in [0.4, 0.5) is 9.59 Å². The predicted octanol–water partition coefficient (Wildman–Crippen LogP) is 6.98. The van der Waals surface area contributed by atoms with Crippen LogP contribution in [0.5, 0.6) is 0 Å². The third-order valence-corrected chi connectivity index (χ3v) is 18.1. The number of carbonyl (C=O) groups is 9. The Bertz CT molecular complexity index is 2870. The molecule has 0 radical (unpaired) electrons. The minimum absolute atomic E-state index is 0.0102. The molecule has 22 heteroatoms. The lowest BCUT2D eigenvalue weighted by molar-refractivity contribution is -0.151. The van der Waals surface area contributed by atoms with Crippen LogP contribution in [-0.2, 0) is 70.8 Å². The maximum Gasteiger partial charge on any atom is 0.410 e. The van der Waals surface area contributed by atoms with Crippen molar-refractivity contribution in [1.29, 1.82) is 0 Å². The summed E-state index contributed by atoms with van der Waals surface area (Å²) in [5.41, 5.74) is 7.93. The van der Waals surface area contributed by atoms with Crippen molar-refractivity contribution in [3.63, 3.8) is 0 Å². The van der Waals surface area contributed by atoms with Crippen molar-refractivity contribution in [1.82, 2.24) is 24.3 Å². The minimum Gasteiger partial charge on any atom is -0.457 e. The summed E-state index contributed by atoms with van der Waals surface area (Å²) in [6, 6.07) is 12.7. The van der Waals surface area contributed by atoms with Gasteiger partial charge in [-0.15, -0.1) is 0 Å². The van der Waals surface area contributed by atoms with E-state index in [1.165, 1.54) is 26.3 Å². The number of piperazine rings is 1. The van der Waals surface area contributed by atoms with Crippen LogP contribution in [0.1, 0.15) is 141 Å². The highest BCUT2D eigenvalue weighted by atomic mass is 32.2. The number of carbonyl (C=O) groups excluding carboxylic acids is 9. The molecule has 4 heterocycles. The molecular weight excluding hydrogens is 1110 g/mol. The highest BCUT2D eigenvalue weighted by Gasteiger charge is 2.33. The summed E-state index contributed by atoms with van der Waals surface area (Å²) in [5.74, 6) is -4.08. The van der Waals surface area contributed by atoms with Gasteiger partial charge in [-0.25, -0.2) is 18.0 Å². The molecule has 4 aliphatic rings. The molecule has 0 bridgehead atoms. The number of nitrogens with one attached hydrogen (secondary N) is 1. The zero-order chi connectivity index (χ0) is 61.8. The molecule has 6 rings (SSSR count). The number of primary amides is 1. The van der Waals surface area contributed by atoms with Crippen molar-refractivity contribution < 1.29 is 70.9 Å². The first kappa shape index (κ1) is 67.1. The van der Waals surface area contributed by atoms with Gasteiger partial charge in [0.2, 0.25) is 21.8 Å². The lowest BCUT2D eigenvalue weighted by atomic mass is 9.88. The Morgan fingerprint density at radius 3 is 2.12 bits per heavy atom. The Hall–Kier alpha value is -7.04. The van der Waals surface area contributed by atoms with Crippen LogP contribution in [-0.4, -0.2) is 156 Å². The number of ketones is 2. The van der Waals surface area contributed by atoms with Crippen LogP contribution in [0.15, 0.2) is 83.3 Å². The van der Waals surface area contributed by atoms with Crippen LogP contribution in [0.3, 0.4) is 0 Å². The predicted molar refractivity (Wildman–Crippen MR) is 316 cm³/mol. The number of sulfonamides is 1. The molecule has 0 saturated carbocycles. The third kappa shape index (κ3) is 20.6. The van der Waals surface area contributed by atoms with Crippen molar-refractivity contribution in [3.05, 3.63) is 95.1 Å². The molecule has 0 aromatic heterocycles. The first-order valence-corrected chi connectivity index (χ1v) is 31.4. The fourth-order valence-electron chi connectivity index (χ4n) is 10.9. The van der Waals surface area contributed by atoms with Gasteiger partial charge in [-0.05, 0) is 111 Å². The standard InChI is InChI=1S/C63H86N6O15S/c1-42(2)52(39-49(70)15-7-6-10-31-69-57(74)27-28-58(69)75)61(77)65-53(17-8-9-18-56(64)73)54(72)38-46-21-23-47(24-22-46)41-82-62(78)66-32-34-67(35-33-66)63(79)83-55-26-20-44(4)60(84-59(76)40-50(71)25-19-43(55)3)45(5)36-48-14-13-16-51(37-48)85(80,81)68-29-11-12-30-68/h13-14,16,20-24,26-28,36-37,42-44,50,52-53,55,60,71H,6-12,15,17-19,25,29-35,38-41H2,1-5H3,(H2,64,73)(H,65,77)/b26-20+,45-36+/t43-,44-,50+,52-,53-,55-,60-/m0/s1. The number of cyclic esters (lactones) is 1. The molecule has 0 spiro atoms. The Kier molecular flexibility index (Phi) is 25.6. The largest absolute Gasteiger partial charge is 0.457 e. The van der Waals surface area contributed by atoms with Gasteiger partial charge in [0, 0.05) is 95.5 Å². The van der Waals surface area contributed by atoms with Crippen LogP contribution in [0, 0.1) is 23.7 Å². The number of unbranched alkanes of at least 4 members (excludes halogenated alkanes) is 3. The summed E-state index contributed by atoms with van der Waals surface area (Å²) in [7, 11) is -3.67. The Labute approximate surface area is 499 Å². The second-order valence-electron chi connectivity index (χ2n) is 23.3. The Morgan fingerprint density at radius 1 is 0.812 bits per heavy atom. The number of amides is 6. The Morgan fingerprint density at radius 2 is 1.46 bits per heavy atom. The lowest BCUT2D eigenvalue weighted by Gasteiger charge is -2.35. The van der Waals surface area contributed by atoms with E-state index in [1.807, 2.05) is 33.8 Å². The number of aliphatic hydroxyl groups excluding tert-OH is 1. The number of nitrogens with two attached hydrogens (primary N) is 1. The number of hydrogen-bond acceptors (Lipinski definition) is 15. The van der Waals surface area contributed by atoms with Crippen molar-refractivity contribution in [2.24, 2.45) is 29.4 Å². The van der Waals surface area contributed by atoms with E-state index in [-0.39, 0.29) is 124 Å². The average molecular weight is 1200 g/mol. The molecule has 85 heavy (non-hydrogen) atoms. The molecule has 21 nitrogen and oxygen atoms in total. The van der Waals surface area contributed by atoms with Crippen LogP contribution >= 0.6 is 0 Å². The van der Waals surface area contributed by atoms with Gasteiger partial charge in [-0.2, -0.15) is 4.31 Å². The number of imide groups is 1. The topological polar surface area (TPSA) is 287 Å². The molecular formula is C63H86N6O15S. The first-order chi connectivity index (χ1) is 40.5. The zero-order valence-electron chi connectivity index (χ0n) is 49.8. The van der Waals surface area contributed by atoms with Gasteiger partial charge < -0.3 is 40.2 Å². The minimum atomic E-state index is -3.67. The lowest BCUT2D eigenvalue weighted by Crippen LogP contribution is -2.51. The molecule has 0 aliphatic carbocycles. The van der Waals surface area contributed by atoms with Gasteiger partial charge in [0.1, 0.15) is 24.6 Å². The van der Waals surface area contributed by atoms with Crippen molar-refractivity contribution in [3.8, 4) is 0 Å². The van der Waals surface area contributed by atoms with Gasteiger partial charge >= 0.3 is 18.2 Å². The molecule has 2 aromatic carbocycles. The highest BCUT2D eigenvalue weighted by molar-refractivity contribution is 7.89. The number of esters is 1. The van der Waals surface area contributed by atoms with E-state index in [4.69, 9.17) is 19.9 Å². The summed E-state index contributed by atoms with van der Waals surface area (Å²) in [4.78, 5) is 120. The van der Waals surface area contributed by atoms with Crippen LogP contribution in [0.25, 0.3) is 6.08 Å². The van der Waals surface area contributed by atoms with Crippen molar-refractivity contribution in [2.45, 2.75) is 167 Å². The van der Waals surface area contributed by atoms with E-state index < -0.39 is 76.2 Å². The first-order valence-electron chi connectivity index (χ1n) is 29.9. The average Bonchev–Trinajstić information content (AvgIpc) is 4.27.